The van der Waals surface area contributed by atoms with Gasteiger partial charge in [-0.15, -0.1) is 0 Å². The fourth-order valence-corrected chi connectivity index (χ4v) is 12.0. The van der Waals surface area contributed by atoms with Gasteiger partial charge in [-0.2, -0.15) is 0 Å². The summed E-state index contributed by atoms with van der Waals surface area (Å²) in [5.74, 6) is -0.500. The number of unbranched alkanes of at least 4 members (excludes halogenated alkanes) is 41. The van der Waals surface area contributed by atoms with E-state index in [-0.39, 0.29) is 31.5 Å². The zero-order valence-electron chi connectivity index (χ0n) is 61.3. The first kappa shape index (κ1) is 88.9. The van der Waals surface area contributed by atoms with Crippen molar-refractivity contribution in [2.45, 2.75) is 373 Å². The Balaban J connectivity index is 4.96. The predicted octanol–water partition coefficient (Wildman–Crippen LogP) is 25.4. The van der Waals surface area contributed by atoms with Crippen molar-refractivity contribution >= 4 is 19.7 Å². The molecule has 0 aromatic carbocycles. The molecule has 3 unspecified atom stereocenters. The Hall–Kier alpha value is -3.07. The number of allylic oxidation sites excluding steroid dienone is 15. The number of phosphoric acid groups is 1. The summed E-state index contributed by atoms with van der Waals surface area (Å²) in [5, 5.41) is 3.08. The van der Waals surface area contributed by atoms with E-state index in [4.69, 9.17) is 13.8 Å². The highest BCUT2D eigenvalue weighted by molar-refractivity contribution is 7.47. The number of hydrogen-bond acceptors (Lipinski definition) is 6. The van der Waals surface area contributed by atoms with Crippen LogP contribution < -0.4 is 5.32 Å². The molecule has 0 aliphatic carbocycles. The lowest BCUT2D eigenvalue weighted by molar-refractivity contribution is -0.870. The van der Waals surface area contributed by atoms with Gasteiger partial charge in [-0.3, -0.25) is 18.6 Å². The van der Waals surface area contributed by atoms with E-state index in [2.05, 4.69) is 111 Å². The summed E-state index contributed by atoms with van der Waals surface area (Å²) in [6.07, 6.45) is 97.2. The van der Waals surface area contributed by atoms with E-state index in [1.54, 1.807) is 0 Å². The number of phosphoric ester groups is 1. The first-order chi connectivity index (χ1) is 44.9. The summed E-state index contributed by atoms with van der Waals surface area (Å²) in [6, 6.07) is -0.856. The molecule has 0 saturated carbocycles. The average molecular weight is 1310 g/mol. The van der Waals surface area contributed by atoms with E-state index in [0.29, 0.717) is 17.4 Å². The van der Waals surface area contributed by atoms with E-state index in [1.807, 2.05) is 33.3 Å². The Morgan fingerprint density at radius 3 is 1.01 bits per heavy atom. The molecule has 0 aromatic rings. The zero-order valence-corrected chi connectivity index (χ0v) is 62.2. The third-order valence-electron chi connectivity index (χ3n) is 17.2. The van der Waals surface area contributed by atoms with Gasteiger partial charge in [-0.25, -0.2) is 4.57 Å². The van der Waals surface area contributed by atoms with Gasteiger partial charge in [-0.05, 0) is 115 Å². The highest BCUT2D eigenvalue weighted by Gasteiger charge is 2.30. The van der Waals surface area contributed by atoms with Crippen molar-refractivity contribution in [3.63, 3.8) is 0 Å². The molecule has 0 aliphatic rings. The van der Waals surface area contributed by atoms with Crippen LogP contribution in [0.5, 0.6) is 0 Å². The van der Waals surface area contributed by atoms with Crippen LogP contribution in [0.25, 0.3) is 0 Å². The van der Waals surface area contributed by atoms with Crippen molar-refractivity contribution in [1.82, 2.24) is 5.32 Å². The first-order valence-corrected chi connectivity index (χ1v) is 40.6. The Bertz CT molecular complexity index is 1900. The van der Waals surface area contributed by atoms with E-state index in [9.17, 15) is 19.0 Å². The second-order valence-corrected chi connectivity index (χ2v) is 29.0. The number of ether oxygens (including phenoxy) is 1. The van der Waals surface area contributed by atoms with Gasteiger partial charge in [0.05, 0.1) is 33.8 Å². The molecule has 0 radical (unpaired) electrons. The van der Waals surface area contributed by atoms with Gasteiger partial charge < -0.3 is 19.4 Å². The van der Waals surface area contributed by atoms with E-state index < -0.39 is 20.0 Å². The van der Waals surface area contributed by atoms with Crippen molar-refractivity contribution in [1.29, 1.82) is 0 Å². The zero-order chi connectivity index (χ0) is 67.0. The minimum Gasteiger partial charge on any atom is -0.456 e. The molecule has 534 valence electrons. The maximum atomic E-state index is 13.7. The largest absolute Gasteiger partial charge is 0.472 e. The minimum absolute atomic E-state index is 0.0371. The lowest BCUT2D eigenvalue weighted by Gasteiger charge is -2.27. The van der Waals surface area contributed by atoms with Crippen LogP contribution in [0.4, 0.5) is 0 Å². The molecule has 0 fully saturated rings. The number of rotatable bonds is 71. The molecular formula is C82H150N2O7P+. The molecule has 10 heteroatoms. The van der Waals surface area contributed by atoms with Crippen molar-refractivity contribution in [3.8, 4) is 0 Å². The lowest BCUT2D eigenvalue weighted by Crippen LogP contribution is -2.47. The standard InChI is InChI=1S/C82H149N2O7P/c1-7-10-13-16-19-22-25-28-30-32-34-36-38-40-42-44-46-48-50-52-54-56-59-62-65-68-71-74-81(85)83-79(78-90-92(87,88)89-77-76-84(4,5)6)80(73-70-67-64-61-58-27-24-21-18-15-12-9-3)91-82(86)75-72-69-66-63-60-57-55-53-51-49-47-45-43-41-39-37-35-33-31-29-26-23-20-17-14-11-8-2/h19-20,22-23,28-31,34-37,40,42,70,73,79-80H,7-18,21,24-27,32-33,38-39,41,43-69,71-72,74-78H2,1-6H3,(H-,83,85,87,88)/p+1/b22-19-,23-20-,30-28-,31-29-,36-34-,37-35-,42-40-,73-70+. The molecule has 0 aliphatic heterocycles. The molecule has 0 rings (SSSR count). The Kier molecular flexibility index (Phi) is 68.4. The summed E-state index contributed by atoms with van der Waals surface area (Å²) in [5.41, 5.74) is 0. The fraction of sp³-hybridized carbons (Fsp3) is 0.780. The molecule has 3 atom stereocenters. The third-order valence-corrected chi connectivity index (χ3v) is 18.2. The average Bonchev–Trinajstić information content (AvgIpc) is 3.69. The summed E-state index contributed by atoms with van der Waals surface area (Å²) in [4.78, 5) is 38.0. The Morgan fingerprint density at radius 1 is 0.380 bits per heavy atom. The third kappa shape index (κ3) is 71.2. The van der Waals surface area contributed by atoms with Gasteiger partial charge >= 0.3 is 13.8 Å². The van der Waals surface area contributed by atoms with Crippen LogP contribution in [-0.2, 0) is 27.9 Å². The van der Waals surface area contributed by atoms with E-state index in [1.165, 1.54) is 238 Å². The van der Waals surface area contributed by atoms with Crippen LogP contribution in [0.2, 0.25) is 0 Å². The monoisotopic (exact) mass is 1310 g/mol. The fourth-order valence-electron chi connectivity index (χ4n) is 11.2. The number of esters is 1. The Labute approximate surface area is 570 Å². The normalized spacial score (nSPS) is 13.9. The van der Waals surface area contributed by atoms with Gasteiger partial charge in [0.1, 0.15) is 19.3 Å². The molecule has 1 amide bonds. The summed E-state index contributed by atoms with van der Waals surface area (Å²) < 4.78 is 30.9. The molecule has 2 N–H and O–H groups in total. The van der Waals surface area contributed by atoms with Gasteiger partial charge in [0, 0.05) is 12.8 Å². The van der Waals surface area contributed by atoms with Crippen LogP contribution in [0, 0.1) is 0 Å². The number of amides is 1. The van der Waals surface area contributed by atoms with E-state index in [0.717, 1.165) is 89.9 Å². The van der Waals surface area contributed by atoms with Crippen LogP contribution in [0.3, 0.4) is 0 Å². The van der Waals surface area contributed by atoms with Crippen LogP contribution in [0.1, 0.15) is 361 Å². The summed E-state index contributed by atoms with van der Waals surface area (Å²) in [7, 11) is 1.50. The minimum atomic E-state index is -4.46. The van der Waals surface area contributed by atoms with Gasteiger partial charge in [-0.1, -0.05) is 330 Å². The molecule has 0 spiro atoms. The molecule has 9 nitrogen and oxygen atoms in total. The SMILES string of the molecule is CCCCC/C=C\C/C=C\C/C=C\C/C=C\CCCCCCCCCCCCCC(=O)NC(COP(=O)(O)OCC[N+](C)(C)C)C(/C=C/CCCCCCCCCCCC)OC(=O)CCCCCCCCCCCCCCCC/C=C\C/C=C\C/C=C\CCCCC. The molecule has 0 saturated heterocycles. The van der Waals surface area contributed by atoms with Crippen molar-refractivity contribution < 1.29 is 37.3 Å². The van der Waals surface area contributed by atoms with Crippen LogP contribution >= 0.6 is 7.82 Å². The smallest absolute Gasteiger partial charge is 0.456 e. The van der Waals surface area contributed by atoms with Crippen LogP contribution in [-0.4, -0.2) is 74.3 Å². The van der Waals surface area contributed by atoms with Crippen molar-refractivity contribution in [3.05, 3.63) is 97.2 Å². The molecular weight excluding hydrogens is 1160 g/mol. The molecule has 0 aromatic heterocycles. The van der Waals surface area contributed by atoms with Gasteiger partial charge in [0.25, 0.3) is 0 Å². The molecule has 92 heavy (non-hydrogen) atoms. The highest BCUT2D eigenvalue weighted by atomic mass is 31.2. The van der Waals surface area contributed by atoms with E-state index >= 15 is 0 Å². The number of quaternary nitrogens is 1. The molecule has 0 bridgehead atoms. The number of nitrogens with one attached hydrogen (secondary N) is 1. The number of likely N-dealkylation sites (N-methyl/N-ethyl adjacent to an activating group) is 1. The second kappa shape index (κ2) is 70.7. The number of nitrogens with zero attached hydrogens (tertiary/aromatic N) is 1. The number of carbonyl (C=O) groups is 2. The lowest BCUT2D eigenvalue weighted by atomic mass is 10.0. The van der Waals surface area contributed by atoms with Gasteiger partial charge in [0.15, 0.2) is 0 Å². The summed E-state index contributed by atoms with van der Waals surface area (Å²) >= 11 is 0. The highest BCUT2D eigenvalue weighted by Crippen LogP contribution is 2.43. The topological polar surface area (TPSA) is 111 Å². The molecule has 0 heterocycles. The van der Waals surface area contributed by atoms with Crippen molar-refractivity contribution in [2.75, 3.05) is 40.9 Å². The maximum Gasteiger partial charge on any atom is 0.472 e. The van der Waals surface area contributed by atoms with Crippen LogP contribution in [0.15, 0.2) is 97.2 Å². The Morgan fingerprint density at radius 2 is 0.663 bits per heavy atom. The second-order valence-electron chi connectivity index (χ2n) is 27.5. The predicted molar refractivity (Wildman–Crippen MR) is 401 cm³/mol. The van der Waals surface area contributed by atoms with Gasteiger partial charge in [0.2, 0.25) is 5.91 Å². The summed E-state index contributed by atoms with van der Waals surface area (Å²) in [6.45, 7) is 6.99. The number of hydrogen-bond donors (Lipinski definition) is 2. The maximum absolute atomic E-state index is 13.7. The first-order valence-electron chi connectivity index (χ1n) is 39.1. The number of carbonyl (C=O) groups excluding carboxylic acids is 2. The van der Waals surface area contributed by atoms with Crippen molar-refractivity contribution in [2.24, 2.45) is 0 Å². The quantitative estimate of drug-likeness (QED) is 0.0205.